The zero-order valence-corrected chi connectivity index (χ0v) is 18.5. The third-order valence-electron chi connectivity index (χ3n) is 3.80. The molecule has 0 aliphatic carbocycles. The quantitative estimate of drug-likeness (QED) is 0.354. The van der Waals surface area contributed by atoms with Crippen molar-refractivity contribution in [1.82, 2.24) is 5.32 Å². The molecule has 0 bridgehead atoms. The van der Waals surface area contributed by atoms with Crippen molar-refractivity contribution in [2.75, 3.05) is 40.8 Å². The molecular formula is C19H26IN3O4. The van der Waals surface area contributed by atoms with E-state index in [9.17, 15) is 0 Å². The molecule has 2 N–H and O–H groups in total. The molecule has 0 saturated carbocycles. The number of para-hydroxylation sites is 1. The second-order valence-corrected chi connectivity index (χ2v) is 5.27. The Morgan fingerprint density at radius 3 is 2.19 bits per heavy atom. The first-order valence-electron chi connectivity index (χ1n) is 8.06. The number of ether oxygens (including phenoxy) is 4. The molecule has 7 nitrogen and oxygen atoms in total. The van der Waals surface area contributed by atoms with Gasteiger partial charge in [-0.1, -0.05) is 12.1 Å². The Balaban J connectivity index is 0.00000364. The number of nitrogens with one attached hydrogen (secondary N) is 2. The first kappa shape index (κ1) is 22.7. The van der Waals surface area contributed by atoms with Gasteiger partial charge in [0.05, 0.1) is 28.4 Å². The van der Waals surface area contributed by atoms with Crippen molar-refractivity contribution < 1.29 is 18.9 Å². The Bertz CT molecular complexity index is 769. The maximum Gasteiger partial charge on any atom is 0.195 e. The molecule has 0 spiro atoms. The summed E-state index contributed by atoms with van der Waals surface area (Å²) in [6, 6.07) is 11.3. The van der Waals surface area contributed by atoms with E-state index in [1.165, 1.54) is 0 Å². The molecule has 0 saturated heterocycles. The van der Waals surface area contributed by atoms with Gasteiger partial charge in [0.25, 0.3) is 0 Å². The molecule has 8 heteroatoms. The molecule has 2 aromatic carbocycles. The highest BCUT2D eigenvalue weighted by Gasteiger charge is 2.10. The van der Waals surface area contributed by atoms with Gasteiger partial charge in [-0.05, 0) is 18.2 Å². The molecule has 0 aliphatic rings. The summed E-state index contributed by atoms with van der Waals surface area (Å²) in [6.45, 7) is 0.521. The summed E-state index contributed by atoms with van der Waals surface area (Å²) in [5.41, 5.74) is 1.79. The van der Waals surface area contributed by atoms with Gasteiger partial charge in [-0.25, -0.2) is 0 Å². The molecular weight excluding hydrogens is 461 g/mol. The van der Waals surface area contributed by atoms with Crippen LogP contribution in [0.15, 0.2) is 41.4 Å². The topological polar surface area (TPSA) is 73.3 Å². The van der Waals surface area contributed by atoms with Crippen LogP contribution < -0.4 is 29.6 Å². The van der Waals surface area contributed by atoms with E-state index in [4.69, 9.17) is 18.9 Å². The smallest absolute Gasteiger partial charge is 0.195 e. The predicted molar refractivity (Wildman–Crippen MR) is 118 cm³/mol. The first-order valence-corrected chi connectivity index (χ1v) is 8.06. The number of aliphatic imine (C=N–C) groups is 1. The molecule has 2 rings (SSSR count). The lowest BCUT2D eigenvalue weighted by Gasteiger charge is -2.16. The molecule has 0 radical (unpaired) electrons. The van der Waals surface area contributed by atoms with Gasteiger partial charge < -0.3 is 29.6 Å². The van der Waals surface area contributed by atoms with Crippen LogP contribution >= 0.6 is 24.0 Å². The average Bonchev–Trinajstić information content (AvgIpc) is 2.70. The van der Waals surface area contributed by atoms with Crippen LogP contribution in [-0.2, 0) is 6.54 Å². The third kappa shape index (κ3) is 5.81. The fourth-order valence-electron chi connectivity index (χ4n) is 2.50. The number of guanidine groups is 1. The third-order valence-corrected chi connectivity index (χ3v) is 3.80. The van der Waals surface area contributed by atoms with Gasteiger partial charge in [-0.15, -0.1) is 24.0 Å². The number of anilines is 1. The normalized spacial score (nSPS) is 10.5. The van der Waals surface area contributed by atoms with Crippen molar-refractivity contribution in [3.63, 3.8) is 0 Å². The monoisotopic (exact) mass is 487 g/mol. The molecule has 27 heavy (non-hydrogen) atoms. The first-order chi connectivity index (χ1) is 12.7. The van der Waals surface area contributed by atoms with E-state index in [-0.39, 0.29) is 24.0 Å². The highest BCUT2D eigenvalue weighted by atomic mass is 127. The Hall–Kier alpha value is -2.36. The van der Waals surface area contributed by atoms with E-state index in [2.05, 4.69) is 15.6 Å². The maximum atomic E-state index is 5.45. The lowest BCUT2D eigenvalue weighted by atomic mass is 10.2. The van der Waals surface area contributed by atoms with Gasteiger partial charge in [-0.2, -0.15) is 0 Å². The molecule has 0 aliphatic heterocycles. The second-order valence-electron chi connectivity index (χ2n) is 5.27. The van der Waals surface area contributed by atoms with Gasteiger partial charge in [0.1, 0.15) is 0 Å². The van der Waals surface area contributed by atoms with E-state index >= 15 is 0 Å². The number of benzene rings is 2. The highest BCUT2D eigenvalue weighted by molar-refractivity contribution is 14.0. The van der Waals surface area contributed by atoms with E-state index in [0.29, 0.717) is 35.5 Å². The lowest BCUT2D eigenvalue weighted by Crippen LogP contribution is -2.30. The van der Waals surface area contributed by atoms with Crippen LogP contribution in [0, 0.1) is 0 Å². The zero-order chi connectivity index (χ0) is 18.9. The summed E-state index contributed by atoms with van der Waals surface area (Å²) in [6.07, 6.45) is 0. The van der Waals surface area contributed by atoms with Crippen LogP contribution in [-0.4, -0.2) is 41.4 Å². The van der Waals surface area contributed by atoms with Crippen molar-refractivity contribution in [2.45, 2.75) is 6.54 Å². The molecule has 0 unspecified atom stereocenters. The van der Waals surface area contributed by atoms with E-state index in [0.717, 1.165) is 11.3 Å². The van der Waals surface area contributed by atoms with Crippen LogP contribution in [0.5, 0.6) is 23.0 Å². The number of hydrogen-bond acceptors (Lipinski definition) is 5. The van der Waals surface area contributed by atoms with Crippen LogP contribution in [0.1, 0.15) is 5.56 Å². The summed E-state index contributed by atoms with van der Waals surface area (Å²) >= 11 is 0. The predicted octanol–water partition coefficient (Wildman–Crippen LogP) is 3.53. The number of nitrogens with zero attached hydrogens (tertiary/aromatic N) is 1. The summed E-state index contributed by atoms with van der Waals surface area (Å²) in [7, 11) is 8.15. The molecule has 0 amide bonds. The average molecular weight is 487 g/mol. The zero-order valence-electron chi connectivity index (χ0n) is 16.2. The molecule has 0 fully saturated rings. The minimum Gasteiger partial charge on any atom is -0.493 e. The minimum atomic E-state index is 0. The standard InChI is InChI=1S/C19H25N3O4.HI/c1-20-19(22-14-9-10-15(23-2)17(11-14)25-4)21-12-13-7-6-8-16(24-3)18(13)26-5;/h6-11H,12H2,1-5H3,(H2,20,21,22);1H. The molecule has 0 aromatic heterocycles. The van der Waals surface area contributed by atoms with Crippen LogP contribution in [0.3, 0.4) is 0 Å². The summed E-state index contributed by atoms with van der Waals surface area (Å²) in [5, 5.41) is 6.48. The van der Waals surface area contributed by atoms with Crippen molar-refractivity contribution >= 4 is 35.6 Å². The largest absolute Gasteiger partial charge is 0.493 e. The highest BCUT2D eigenvalue weighted by Crippen LogP contribution is 2.31. The van der Waals surface area contributed by atoms with Crippen molar-refractivity contribution in [1.29, 1.82) is 0 Å². The van der Waals surface area contributed by atoms with Crippen molar-refractivity contribution in [2.24, 2.45) is 4.99 Å². The fraction of sp³-hybridized carbons (Fsp3) is 0.316. The van der Waals surface area contributed by atoms with Crippen LogP contribution in [0.4, 0.5) is 5.69 Å². The lowest BCUT2D eigenvalue weighted by molar-refractivity contribution is 0.351. The summed E-state index contributed by atoms with van der Waals surface area (Å²) in [4.78, 5) is 4.24. The fourth-order valence-corrected chi connectivity index (χ4v) is 2.50. The van der Waals surface area contributed by atoms with E-state index in [1.807, 2.05) is 36.4 Å². The number of methoxy groups -OCH3 is 4. The Kier molecular flexibility index (Phi) is 9.55. The molecule has 0 heterocycles. The molecule has 148 valence electrons. The van der Waals surface area contributed by atoms with Gasteiger partial charge in [0.15, 0.2) is 29.0 Å². The van der Waals surface area contributed by atoms with E-state index < -0.39 is 0 Å². The van der Waals surface area contributed by atoms with Gasteiger partial charge >= 0.3 is 0 Å². The SMILES string of the molecule is CN=C(NCc1cccc(OC)c1OC)Nc1ccc(OC)c(OC)c1.I. The van der Waals surface area contributed by atoms with Crippen molar-refractivity contribution in [3.05, 3.63) is 42.0 Å². The number of rotatable bonds is 7. The van der Waals surface area contributed by atoms with Crippen LogP contribution in [0.2, 0.25) is 0 Å². The maximum absolute atomic E-state index is 5.45. The van der Waals surface area contributed by atoms with Crippen molar-refractivity contribution in [3.8, 4) is 23.0 Å². The minimum absolute atomic E-state index is 0. The van der Waals surface area contributed by atoms with Crippen LogP contribution in [0.25, 0.3) is 0 Å². The van der Waals surface area contributed by atoms with Gasteiger partial charge in [0.2, 0.25) is 0 Å². The molecule has 0 atom stereocenters. The second kappa shape index (κ2) is 11.4. The molecule has 2 aromatic rings. The Morgan fingerprint density at radius 2 is 1.59 bits per heavy atom. The number of hydrogen-bond donors (Lipinski definition) is 2. The summed E-state index contributed by atoms with van der Waals surface area (Å²) < 4.78 is 21.4. The van der Waals surface area contributed by atoms with Gasteiger partial charge in [0, 0.05) is 30.9 Å². The number of halogens is 1. The Morgan fingerprint density at radius 1 is 0.889 bits per heavy atom. The summed E-state index contributed by atoms with van der Waals surface area (Å²) in [5.74, 6) is 3.31. The Labute approximate surface area is 177 Å². The van der Waals surface area contributed by atoms with Gasteiger partial charge in [-0.3, -0.25) is 4.99 Å². The van der Waals surface area contributed by atoms with E-state index in [1.54, 1.807) is 35.5 Å².